The standard InChI is InChI=1S/C22H20F3N3O2/c23-22(24,25)17-7-3-1-5-14(17)11-27-21(30)19-9-10-20(29)28(19)13-15-12-26-18-8-4-2-6-16(15)18/h1-8,12,19,26H,9-11,13H2,(H,27,30). The number of carbonyl (C=O) groups excluding carboxylic acids is 2. The van der Waals surface area contributed by atoms with Crippen LogP contribution in [0, 0.1) is 0 Å². The highest BCUT2D eigenvalue weighted by atomic mass is 19.4. The van der Waals surface area contributed by atoms with Crippen LogP contribution < -0.4 is 5.32 Å². The summed E-state index contributed by atoms with van der Waals surface area (Å²) in [5.41, 5.74) is 1.04. The predicted octanol–water partition coefficient (Wildman–Crippen LogP) is 3.99. The van der Waals surface area contributed by atoms with E-state index < -0.39 is 23.7 Å². The van der Waals surface area contributed by atoms with E-state index in [1.807, 2.05) is 30.5 Å². The lowest BCUT2D eigenvalue weighted by molar-refractivity contribution is -0.138. The minimum atomic E-state index is -4.49. The molecule has 0 spiro atoms. The van der Waals surface area contributed by atoms with Crippen LogP contribution in [-0.2, 0) is 28.9 Å². The number of halogens is 3. The number of para-hydroxylation sites is 1. The van der Waals surface area contributed by atoms with Crippen molar-refractivity contribution in [3.8, 4) is 0 Å². The molecular weight excluding hydrogens is 395 g/mol. The lowest BCUT2D eigenvalue weighted by Crippen LogP contribution is -2.44. The molecule has 5 nitrogen and oxygen atoms in total. The highest BCUT2D eigenvalue weighted by molar-refractivity contribution is 5.91. The van der Waals surface area contributed by atoms with Crippen LogP contribution in [-0.4, -0.2) is 27.7 Å². The molecule has 0 radical (unpaired) electrons. The molecule has 4 rings (SSSR count). The van der Waals surface area contributed by atoms with E-state index in [0.717, 1.165) is 22.5 Å². The van der Waals surface area contributed by atoms with E-state index in [-0.39, 0.29) is 31.0 Å². The zero-order valence-electron chi connectivity index (χ0n) is 16.0. The Morgan fingerprint density at radius 1 is 1.10 bits per heavy atom. The van der Waals surface area contributed by atoms with Crippen LogP contribution in [0.25, 0.3) is 10.9 Å². The molecule has 156 valence electrons. The molecule has 3 aromatic rings. The third kappa shape index (κ3) is 3.90. The largest absolute Gasteiger partial charge is 0.416 e. The van der Waals surface area contributed by atoms with E-state index in [2.05, 4.69) is 10.3 Å². The molecule has 1 saturated heterocycles. The molecule has 1 aliphatic heterocycles. The zero-order chi connectivity index (χ0) is 21.3. The number of nitrogens with one attached hydrogen (secondary N) is 2. The molecule has 2 amide bonds. The highest BCUT2D eigenvalue weighted by Gasteiger charge is 2.37. The van der Waals surface area contributed by atoms with Crippen LogP contribution >= 0.6 is 0 Å². The van der Waals surface area contributed by atoms with Crippen molar-refractivity contribution < 1.29 is 22.8 Å². The van der Waals surface area contributed by atoms with Gasteiger partial charge in [0.1, 0.15) is 6.04 Å². The van der Waals surface area contributed by atoms with Gasteiger partial charge in [0.05, 0.1) is 5.56 Å². The van der Waals surface area contributed by atoms with Crippen LogP contribution in [0.5, 0.6) is 0 Å². The first-order chi connectivity index (χ1) is 14.3. The van der Waals surface area contributed by atoms with E-state index in [1.54, 1.807) is 0 Å². The minimum Gasteiger partial charge on any atom is -0.361 e. The molecule has 2 heterocycles. The average molecular weight is 415 g/mol. The second-order valence-corrected chi connectivity index (χ2v) is 7.31. The van der Waals surface area contributed by atoms with Crippen LogP contribution in [0.2, 0.25) is 0 Å². The van der Waals surface area contributed by atoms with Crippen molar-refractivity contribution in [1.82, 2.24) is 15.2 Å². The van der Waals surface area contributed by atoms with Gasteiger partial charge in [-0.15, -0.1) is 0 Å². The van der Waals surface area contributed by atoms with Gasteiger partial charge in [-0.2, -0.15) is 13.2 Å². The molecule has 8 heteroatoms. The Morgan fingerprint density at radius 2 is 1.83 bits per heavy atom. The number of aromatic nitrogens is 1. The molecule has 1 unspecified atom stereocenters. The first-order valence-electron chi connectivity index (χ1n) is 9.62. The van der Waals surface area contributed by atoms with Gasteiger partial charge in [-0.05, 0) is 29.7 Å². The maximum Gasteiger partial charge on any atom is 0.416 e. The van der Waals surface area contributed by atoms with Crippen LogP contribution in [0.3, 0.4) is 0 Å². The summed E-state index contributed by atoms with van der Waals surface area (Å²) < 4.78 is 39.5. The van der Waals surface area contributed by atoms with Crippen molar-refractivity contribution in [3.05, 3.63) is 71.4 Å². The number of benzene rings is 2. The molecule has 0 bridgehead atoms. The minimum absolute atomic E-state index is 0.00847. The van der Waals surface area contributed by atoms with E-state index in [9.17, 15) is 22.8 Å². The number of hydrogen-bond donors (Lipinski definition) is 2. The summed E-state index contributed by atoms with van der Waals surface area (Å²) in [6, 6.07) is 12.1. The number of alkyl halides is 3. The maximum atomic E-state index is 13.2. The van der Waals surface area contributed by atoms with Crippen molar-refractivity contribution in [2.75, 3.05) is 0 Å². The van der Waals surface area contributed by atoms with Crippen molar-refractivity contribution >= 4 is 22.7 Å². The SMILES string of the molecule is O=C(NCc1ccccc1C(F)(F)F)C1CCC(=O)N1Cc1c[nH]c2ccccc12. The van der Waals surface area contributed by atoms with E-state index in [4.69, 9.17) is 0 Å². The predicted molar refractivity (Wildman–Crippen MR) is 105 cm³/mol. The van der Waals surface area contributed by atoms with E-state index in [0.29, 0.717) is 6.42 Å². The van der Waals surface area contributed by atoms with Gasteiger partial charge in [-0.25, -0.2) is 0 Å². The van der Waals surface area contributed by atoms with Crippen molar-refractivity contribution in [2.45, 2.75) is 38.1 Å². The van der Waals surface area contributed by atoms with Crippen molar-refractivity contribution in [3.63, 3.8) is 0 Å². The summed E-state index contributed by atoms with van der Waals surface area (Å²) in [5, 5.41) is 3.55. The Morgan fingerprint density at radius 3 is 2.63 bits per heavy atom. The zero-order valence-corrected chi connectivity index (χ0v) is 16.0. The number of amides is 2. The number of hydrogen-bond acceptors (Lipinski definition) is 2. The van der Waals surface area contributed by atoms with Gasteiger partial charge in [0.2, 0.25) is 11.8 Å². The smallest absolute Gasteiger partial charge is 0.361 e. The summed E-state index contributed by atoms with van der Waals surface area (Å²) >= 11 is 0. The fraction of sp³-hybridized carbons (Fsp3) is 0.273. The number of likely N-dealkylation sites (tertiary alicyclic amines) is 1. The Kier molecular flexibility index (Phi) is 5.24. The van der Waals surface area contributed by atoms with E-state index >= 15 is 0 Å². The molecule has 1 atom stereocenters. The van der Waals surface area contributed by atoms with Crippen LogP contribution in [0.1, 0.15) is 29.5 Å². The summed E-state index contributed by atoms with van der Waals surface area (Å²) in [5.74, 6) is -0.589. The fourth-order valence-corrected chi connectivity index (χ4v) is 3.90. The molecular formula is C22H20F3N3O2. The Labute approximate surface area is 170 Å². The second kappa shape index (κ2) is 7.85. The first-order valence-corrected chi connectivity index (χ1v) is 9.62. The molecule has 0 aliphatic carbocycles. The molecule has 0 saturated carbocycles. The lowest BCUT2D eigenvalue weighted by Gasteiger charge is -2.24. The monoisotopic (exact) mass is 415 g/mol. The Bertz CT molecular complexity index is 1090. The van der Waals surface area contributed by atoms with Gasteiger partial charge in [0, 0.05) is 36.6 Å². The fourth-order valence-electron chi connectivity index (χ4n) is 3.90. The number of rotatable bonds is 5. The third-order valence-electron chi connectivity index (χ3n) is 5.42. The van der Waals surface area contributed by atoms with Crippen molar-refractivity contribution in [1.29, 1.82) is 0 Å². The van der Waals surface area contributed by atoms with Crippen molar-refractivity contribution in [2.24, 2.45) is 0 Å². The van der Waals surface area contributed by atoms with Gasteiger partial charge in [0.25, 0.3) is 0 Å². The molecule has 1 aromatic heterocycles. The second-order valence-electron chi connectivity index (χ2n) is 7.31. The summed E-state index contributed by atoms with van der Waals surface area (Å²) in [4.78, 5) is 29.8. The first kappa shape index (κ1) is 20.0. The van der Waals surface area contributed by atoms with Gasteiger partial charge in [-0.1, -0.05) is 36.4 Å². The van der Waals surface area contributed by atoms with Gasteiger partial charge >= 0.3 is 6.18 Å². The molecule has 1 aliphatic rings. The Balaban J connectivity index is 1.48. The van der Waals surface area contributed by atoms with Gasteiger partial charge in [-0.3, -0.25) is 9.59 Å². The lowest BCUT2D eigenvalue weighted by atomic mass is 10.1. The quantitative estimate of drug-likeness (QED) is 0.662. The van der Waals surface area contributed by atoms with Gasteiger partial charge < -0.3 is 15.2 Å². The number of H-pyrrole nitrogens is 1. The molecule has 2 N–H and O–H groups in total. The van der Waals surface area contributed by atoms with E-state index in [1.165, 1.54) is 23.1 Å². The summed E-state index contributed by atoms with van der Waals surface area (Å²) in [7, 11) is 0. The average Bonchev–Trinajstić information content (AvgIpc) is 3.30. The number of aromatic amines is 1. The number of fused-ring (bicyclic) bond motifs is 1. The summed E-state index contributed by atoms with van der Waals surface area (Å²) in [6.07, 6.45) is -2.11. The molecule has 30 heavy (non-hydrogen) atoms. The number of carbonyl (C=O) groups is 2. The third-order valence-corrected chi connectivity index (χ3v) is 5.42. The molecule has 2 aromatic carbocycles. The normalized spacial score (nSPS) is 17.0. The topological polar surface area (TPSA) is 65.2 Å². The van der Waals surface area contributed by atoms with Crippen LogP contribution in [0.15, 0.2) is 54.7 Å². The highest BCUT2D eigenvalue weighted by Crippen LogP contribution is 2.32. The maximum absolute atomic E-state index is 13.2. The van der Waals surface area contributed by atoms with Crippen LogP contribution in [0.4, 0.5) is 13.2 Å². The number of nitrogens with zero attached hydrogens (tertiary/aromatic N) is 1. The molecule has 1 fully saturated rings. The Hall–Kier alpha value is -3.29. The van der Waals surface area contributed by atoms with Gasteiger partial charge in [0.15, 0.2) is 0 Å². The summed E-state index contributed by atoms with van der Waals surface area (Å²) in [6.45, 7) is 0.0141.